The van der Waals surface area contributed by atoms with Gasteiger partial charge in [0.2, 0.25) is 17.7 Å². The van der Waals surface area contributed by atoms with Crippen LogP contribution in [0.5, 0.6) is 5.88 Å². The van der Waals surface area contributed by atoms with E-state index in [1.54, 1.807) is 0 Å². The van der Waals surface area contributed by atoms with Crippen molar-refractivity contribution in [2.24, 2.45) is 0 Å². The van der Waals surface area contributed by atoms with Crippen molar-refractivity contribution in [1.29, 1.82) is 0 Å². The largest absolute Gasteiger partial charge is 0.493 e. The van der Waals surface area contributed by atoms with Gasteiger partial charge in [0.25, 0.3) is 0 Å². The van der Waals surface area contributed by atoms with Crippen molar-refractivity contribution in [2.45, 2.75) is 63.8 Å². The molecule has 0 aliphatic carbocycles. The van der Waals surface area contributed by atoms with Gasteiger partial charge in [-0.25, -0.2) is 4.79 Å². The number of hydrogen-bond acceptors (Lipinski definition) is 8. The number of nitrogens with one attached hydrogen (secondary N) is 1. The number of aromatic hydroxyl groups is 1. The topological polar surface area (TPSA) is 202 Å². The number of carboxylic acid groups (broad SMARTS) is 2. The summed E-state index contributed by atoms with van der Waals surface area (Å²) in [6.45, 7) is 0. The first-order chi connectivity index (χ1) is 13.2. The Balaban J connectivity index is 2.20. The summed E-state index contributed by atoms with van der Waals surface area (Å²) in [5, 5.41) is 29.7. The van der Waals surface area contributed by atoms with Crippen LogP contribution in [0.3, 0.4) is 0 Å². The van der Waals surface area contributed by atoms with Gasteiger partial charge in [0.1, 0.15) is 11.9 Å². The molecule has 11 nitrogen and oxygen atoms in total. The summed E-state index contributed by atoms with van der Waals surface area (Å²) in [4.78, 5) is 40.8. The number of amides is 1. The summed E-state index contributed by atoms with van der Waals surface area (Å²) < 4.78 is 0. The lowest BCUT2D eigenvalue weighted by Gasteiger charge is -2.13. The van der Waals surface area contributed by atoms with Crippen molar-refractivity contribution in [1.82, 2.24) is 15.3 Å². The molecule has 0 saturated heterocycles. The van der Waals surface area contributed by atoms with Gasteiger partial charge in [0.15, 0.2) is 0 Å². The van der Waals surface area contributed by atoms with Gasteiger partial charge in [-0.15, -0.1) is 0 Å². The highest BCUT2D eigenvalue weighted by atomic mass is 16.4. The molecule has 0 aliphatic rings. The number of nitrogens with two attached hydrogens (primary N) is 2. The molecule has 0 spiro atoms. The smallest absolute Gasteiger partial charge is 0.326 e. The standard InChI is InChI=1S/C17H27N5O6/c18-14-10(15(26)22-17(19)21-14)6-4-2-1-3-5-7-12(23)20-11(16(27)28)8-9-13(24)25/h11H,1-9H2,(H,20,23)(H,24,25)(H,27,28)(H5,18,19,21,22,26)/t11-/m0/s1. The number of aliphatic carboxylic acids is 2. The van der Waals surface area contributed by atoms with Gasteiger partial charge in [-0.2, -0.15) is 9.97 Å². The highest BCUT2D eigenvalue weighted by Crippen LogP contribution is 2.23. The van der Waals surface area contributed by atoms with E-state index in [-0.39, 0.29) is 36.9 Å². The first-order valence-electron chi connectivity index (χ1n) is 9.05. The molecule has 11 heteroatoms. The molecule has 0 unspecified atom stereocenters. The fraction of sp³-hybridized carbons (Fsp3) is 0.588. The number of nitrogen functional groups attached to an aromatic ring is 2. The lowest BCUT2D eigenvalue weighted by atomic mass is 10.1. The van der Waals surface area contributed by atoms with E-state index in [4.69, 9.17) is 21.7 Å². The normalized spacial score (nSPS) is 11.7. The zero-order valence-electron chi connectivity index (χ0n) is 15.6. The van der Waals surface area contributed by atoms with Gasteiger partial charge in [-0.05, 0) is 25.7 Å². The zero-order chi connectivity index (χ0) is 21.1. The number of carbonyl (C=O) groups excluding carboxylic acids is 1. The molecule has 0 bridgehead atoms. The summed E-state index contributed by atoms with van der Waals surface area (Å²) in [6, 6.07) is -1.19. The van der Waals surface area contributed by atoms with Crippen LogP contribution in [-0.4, -0.2) is 49.2 Å². The Morgan fingerprint density at radius 1 is 0.964 bits per heavy atom. The van der Waals surface area contributed by atoms with Crippen LogP contribution in [-0.2, 0) is 20.8 Å². The molecule has 28 heavy (non-hydrogen) atoms. The predicted octanol–water partition coefficient (Wildman–Crippen LogP) is 0.664. The van der Waals surface area contributed by atoms with Crippen molar-refractivity contribution < 1.29 is 29.7 Å². The zero-order valence-corrected chi connectivity index (χ0v) is 15.6. The van der Waals surface area contributed by atoms with Gasteiger partial charge in [0.05, 0.1) is 5.56 Å². The van der Waals surface area contributed by atoms with Crippen molar-refractivity contribution in [3.8, 4) is 5.88 Å². The number of carboxylic acids is 2. The van der Waals surface area contributed by atoms with E-state index in [0.29, 0.717) is 18.4 Å². The van der Waals surface area contributed by atoms with Gasteiger partial charge in [-0.3, -0.25) is 9.59 Å². The fourth-order valence-electron chi connectivity index (χ4n) is 2.66. The highest BCUT2D eigenvalue weighted by molar-refractivity contribution is 5.83. The molecule has 1 aromatic heterocycles. The first-order valence-corrected chi connectivity index (χ1v) is 9.05. The van der Waals surface area contributed by atoms with Crippen LogP contribution >= 0.6 is 0 Å². The summed E-state index contributed by atoms with van der Waals surface area (Å²) in [5.74, 6) is -2.89. The van der Waals surface area contributed by atoms with Crippen LogP contribution in [0, 0.1) is 0 Å². The van der Waals surface area contributed by atoms with E-state index in [1.165, 1.54) is 0 Å². The number of anilines is 2. The maximum atomic E-state index is 11.8. The quantitative estimate of drug-likeness (QED) is 0.257. The average Bonchev–Trinajstić information content (AvgIpc) is 2.59. The Kier molecular flexibility index (Phi) is 9.48. The van der Waals surface area contributed by atoms with E-state index < -0.39 is 23.9 Å². The molecule has 0 fully saturated rings. The molecule has 0 aromatic carbocycles. The molecule has 1 aromatic rings. The van der Waals surface area contributed by atoms with Crippen LogP contribution in [0.2, 0.25) is 0 Å². The maximum Gasteiger partial charge on any atom is 0.326 e. The molecule has 156 valence electrons. The summed E-state index contributed by atoms with van der Waals surface area (Å²) in [5.41, 5.74) is 11.6. The Labute approximate surface area is 162 Å². The third-order valence-electron chi connectivity index (χ3n) is 4.15. The second-order valence-corrected chi connectivity index (χ2v) is 6.43. The Bertz CT molecular complexity index is 674. The van der Waals surface area contributed by atoms with E-state index in [2.05, 4.69) is 15.3 Å². The molecule has 1 amide bonds. The van der Waals surface area contributed by atoms with Crippen LogP contribution in [0.25, 0.3) is 0 Å². The lowest BCUT2D eigenvalue weighted by molar-refractivity contribution is -0.143. The van der Waals surface area contributed by atoms with Crippen LogP contribution in [0.4, 0.5) is 11.8 Å². The fourth-order valence-corrected chi connectivity index (χ4v) is 2.66. The molecule has 0 saturated carbocycles. The lowest BCUT2D eigenvalue weighted by Crippen LogP contribution is -2.41. The van der Waals surface area contributed by atoms with Crippen LogP contribution in [0.1, 0.15) is 56.9 Å². The number of nitrogens with zero attached hydrogens (tertiary/aromatic N) is 2. The number of rotatable bonds is 13. The minimum Gasteiger partial charge on any atom is -0.493 e. The van der Waals surface area contributed by atoms with Crippen LogP contribution < -0.4 is 16.8 Å². The number of carbonyl (C=O) groups is 3. The Morgan fingerprint density at radius 3 is 2.21 bits per heavy atom. The molecular weight excluding hydrogens is 370 g/mol. The van der Waals surface area contributed by atoms with Crippen molar-refractivity contribution in [3.63, 3.8) is 0 Å². The number of aromatic nitrogens is 2. The van der Waals surface area contributed by atoms with Gasteiger partial charge >= 0.3 is 11.9 Å². The second kappa shape index (κ2) is 11.6. The number of hydrogen-bond donors (Lipinski definition) is 6. The highest BCUT2D eigenvalue weighted by Gasteiger charge is 2.20. The number of unbranched alkanes of at least 4 members (excludes halogenated alkanes) is 4. The van der Waals surface area contributed by atoms with Crippen molar-refractivity contribution in [2.75, 3.05) is 11.5 Å². The van der Waals surface area contributed by atoms with Gasteiger partial charge < -0.3 is 32.1 Å². The summed E-state index contributed by atoms with van der Waals surface area (Å²) >= 11 is 0. The first kappa shape index (κ1) is 22.9. The van der Waals surface area contributed by atoms with Crippen LogP contribution in [0.15, 0.2) is 0 Å². The van der Waals surface area contributed by atoms with E-state index in [0.717, 1.165) is 25.7 Å². The molecule has 0 aliphatic heterocycles. The SMILES string of the molecule is Nc1nc(N)c(CCCCCCCC(=O)N[C@@H](CCC(=O)O)C(=O)O)c(O)n1. The second-order valence-electron chi connectivity index (χ2n) is 6.43. The monoisotopic (exact) mass is 397 g/mol. The average molecular weight is 397 g/mol. The third kappa shape index (κ3) is 8.52. The predicted molar refractivity (Wildman–Crippen MR) is 100 cm³/mol. The van der Waals surface area contributed by atoms with E-state index in [9.17, 15) is 19.5 Å². The molecule has 0 radical (unpaired) electrons. The Hall–Kier alpha value is -3.11. The minimum atomic E-state index is -1.25. The minimum absolute atomic E-state index is 0.0786. The van der Waals surface area contributed by atoms with Crippen molar-refractivity contribution >= 4 is 29.6 Å². The van der Waals surface area contributed by atoms with E-state index >= 15 is 0 Å². The molecular formula is C17H27N5O6. The van der Waals surface area contributed by atoms with Crippen molar-refractivity contribution in [3.05, 3.63) is 5.56 Å². The van der Waals surface area contributed by atoms with Gasteiger partial charge in [-0.1, -0.05) is 19.3 Å². The molecule has 8 N–H and O–H groups in total. The third-order valence-corrected chi connectivity index (χ3v) is 4.15. The summed E-state index contributed by atoms with van der Waals surface area (Å²) in [7, 11) is 0. The molecule has 1 heterocycles. The Morgan fingerprint density at radius 2 is 1.61 bits per heavy atom. The molecule has 1 atom stereocenters. The maximum absolute atomic E-state index is 11.8. The summed E-state index contributed by atoms with van der Waals surface area (Å²) in [6.07, 6.45) is 4.05. The van der Waals surface area contributed by atoms with E-state index in [1.807, 2.05) is 0 Å². The van der Waals surface area contributed by atoms with Gasteiger partial charge in [0, 0.05) is 12.8 Å². The molecule has 1 rings (SSSR count).